The molecule has 1 unspecified atom stereocenters. The van der Waals surface area contributed by atoms with Crippen LogP contribution in [0, 0.1) is 0 Å². The summed E-state index contributed by atoms with van der Waals surface area (Å²) in [6.07, 6.45) is 1.26. The van der Waals surface area contributed by atoms with Gasteiger partial charge in [0, 0.05) is 42.4 Å². The largest absolute Gasteiger partial charge is 0.444 e. The Bertz CT molecular complexity index is 239. The van der Waals surface area contributed by atoms with Gasteiger partial charge in [0.25, 0.3) is 0 Å². The molecule has 96 valence electrons. The lowest BCUT2D eigenvalue weighted by Gasteiger charge is -2.19. The summed E-state index contributed by atoms with van der Waals surface area (Å²) in [4.78, 5) is 11.2. The fourth-order valence-electron chi connectivity index (χ4n) is 0.908. The second-order valence-electron chi connectivity index (χ2n) is 4.46. The summed E-state index contributed by atoms with van der Waals surface area (Å²) in [5, 5.41) is 5.70. The summed E-state index contributed by atoms with van der Waals surface area (Å²) in [6.45, 7) is 7.31. The standard InChI is InChI=1S/C10H22N2O3S/c1-10(2,3)15-9(13)12-6-5-11-7-8-16(4)14/h11H,5-8H2,1-4H3,(H,12,13). The van der Waals surface area contributed by atoms with Crippen molar-refractivity contribution in [2.45, 2.75) is 26.4 Å². The highest BCUT2D eigenvalue weighted by Gasteiger charge is 2.15. The SMILES string of the molecule is CS(=O)CCNCCNC(=O)OC(C)(C)C. The number of alkyl carbamates (subject to hydrolysis) is 1. The zero-order valence-electron chi connectivity index (χ0n) is 10.5. The lowest BCUT2D eigenvalue weighted by atomic mass is 10.2. The van der Waals surface area contributed by atoms with E-state index in [0.717, 1.165) is 0 Å². The van der Waals surface area contributed by atoms with Crippen molar-refractivity contribution < 1.29 is 13.7 Å². The fraction of sp³-hybridized carbons (Fsp3) is 0.900. The molecule has 2 N–H and O–H groups in total. The van der Waals surface area contributed by atoms with Crippen LogP contribution in [0.4, 0.5) is 4.79 Å². The van der Waals surface area contributed by atoms with Crippen molar-refractivity contribution in [1.29, 1.82) is 0 Å². The Labute approximate surface area is 99.8 Å². The van der Waals surface area contributed by atoms with E-state index in [4.69, 9.17) is 4.74 Å². The van der Waals surface area contributed by atoms with Gasteiger partial charge in [0.1, 0.15) is 5.60 Å². The predicted octanol–water partition coefficient (Wildman–Crippen LogP) is 0.479. The lowest BCUT2D eigenvalue weighted by Crippen LogP contribution is -2.37. The monoisotopic (exact) mass is 250 g/mol. The van der Waals surface area contributed by atoms with Crippen LogP contribution in [0.2, 0.25) is 0 Å². The first kappa shape index (κ1) is 15.4. The van der Waals surface area contributed by atoms with E-state index >= 15 is 0 Å². The molecule has 0 bridgehead atoms. The average Bonchev–Trinajstić information content (AvgIpc) is 2.07. The van der Waals surface area contributed by atoms with Crippen molar-refractivity contribution in [3.05, 3.63) is 0 Å². The molecule has 0 aliphatic carbocycles. The molecule has 0 aromatic carbocycles. The average molecular weight is 250 g/mol. The summed E-state index contributed by atoms with van der Waals surface area (Å²) in [6, 6.07) is 0. The maximum atomic E-state index is 11.2. The second kappa shape index (κ2) is 7.62. The van der Waals surface area contributed by atoms with Gasteiger partial charge >= 0.3 is 6.09 Å². The van der Waals surface area contributed by atoms with Crippen LogP contribution in [0.5, 0.6) is 0 Å². The van der Waals surface area contributed by atoms with Gasteiger partial charge in [0.15, 0.2) is 0 Å². The molecule has 0 aliphatic heterocycles. The number of carbonyl (C=O) groups is 1. The third kappa shape index (κ3) is 11.5. The molecule has 0 aliphatic rings. The molecule has 0 spiro atoms. The Balaban J connectivity index is 3.38. The van der Waals surface area contributed by atoms with Gasteiger partial charge in [-0.05, 0) is 20.8 Å². The Hall–Kier alpha value is -0.620. The van der Waals surface area contributed by atoms with Gasteiger partial charge in [-0.2, -0.15) is 0 Å². The zero-order chi connectivity index (χ0) is 12.6. The molecule has 0 fully saturated rings. The number of hydrogen-bond acceptors (Lipinski definition) is 4. The minimum Gasteiger partial charge on any atom is -0.444 e. The highest BCUT2D eigenvalue weighted by atomic mass is 32.2. The molecule has 0 aromatic heterocycles. The van der Waals surface area contributed by atoms with Crippen molar-refractivity contribution in [2.24, 2.45) is 0 Å². The molecule has 1 atom stereocenters. The van der Waals surface area contributed by atoms with Gasteiger partial charge in [-0.3, -0.25) is 4.21 Å². The van der Waals surface area contributed by atoms with Crippen LogP contribution in [0.1, 0.15) is 20.8 Å². The lowest BCUT2D eigenvalue weighted by molar-refractivity contribution is 0.0528. The molecule has 0 radical (unpaired) electrons. The number of rotatable bonds is 6. The van der Waals surface area contributed by atoms with E-state index in [2.05, 4.69) is 10.6 Å². The van der Waals surface area contributed by atoms with Crippen LogP contribution in [0.15, 0.2) is 0 Å². The molecular weight excluding hydrogens is 228 g/mol. The highest BCUT2D eigenvalue weighted by molar-refractivity contribution is 7.84. The number of nitrogens with one attached hydrogen (secondary N) is 2. The fourth-order valence-corrected chi connectivity index (χ4v) is 1.34. The normalized spacial score (nSPS) is 13.2. The summed E-state index contributed by atoms with van der Waals surface area (Å²) < 4.78 is 15.8. The first-order valence-corrected chi connectivity index (χ1v) is 7.01. The topological polar surface area (TPSA) is 67.4 Å². The first-order valence-electron chi connectivity index (χ1n) is 5.29. The van der Waals surface area contributed by atoms with Crippen molar-refractivity contribution in [2.75, 3.05) is 31.6 Å². The van der Waals surface area contributed by atoms with Crippen molar-refractivity contribution in [1.82, 2.24) is 10.6 Å². The van der Waals surface area contributed by atoms with Crippen LogP contribution < -0.4 is 10.6 Å². The predicted molar refractivity (Wildman–Crippen MR) is 66.0 cm³/mol. The van der Waals surface area contributed by atoms with E-state index in [1.165, 1.54) is 0 Å². The van der Waals surface area contributed by atoms with Gasteiger partial charge in [-0.1, -0.05) is 0 Å². The van der Waals surface area contributed by atoms with E-state index in [-0.39, 0.29) is 0 Å². The number of amides is 1. The van der Waals surface area contributed by atoms with E-state index < -0.39 is 22.5 Å². The minimum absolute atomic E-state index is 0.409. The smallest absolute Gasteiger partial charge is 0.407 e. The van der Waals surface area contributed by atoms with E-state index in [1.807, 2.05) is 20.8 Å². The summed E-state index contributed by atoms with van der Waals surface area (Å²) in [5.41, 5.74) is -0.462. The first-order chi connectivity index (χ1) is 7.31. The third-order valence-electron chi connectivity index (χ3n) is 1.54. The van der Waals surface area contributed by atoms with Gasteiger partial charge in [0.05, 0.1) is 0 Å². The Morgan fingerprint density at radius 2 is 1.88 bits per heavy atom. The quantitative estimate of drug-likeness (QED) is 0.673. The summed E-state index contributed by atoms with van der Waals surface area (Å²) >= 11 is 0. The third-order valence-corrected chi connectivity index (χ3v) is 2.32. The van der Waals surface area contributed by atoms with Crippen molar-refractivity contribution >= 4 is 16.9 Å². The number of carbonyl (C=O) groups excluding carboxylic acids is 1. The van der Waals surface area contributed by atoms with Crippen LogP contribution in [0.25, 0.3) is 0 Å². The van der Waals surface area contributed by atoms with Crippen LogP contribution in [0.3, 0.4) is 0 Å². The van der Waals surface area contributed by atoms with Crippen molar-refractivity contribution in [3.8, 4) is 0 Å². The van der Waals surface area contributed by atoms with Gasteiger partial charge in [-0.15, -0.1) is 0 Å². The molecule has 0 saturated heterocycles. The zero-order valence-corrected chi connectivity index (χ0v) is 11.3. The molecule has 16 heavy (non-hydrogen) atoms. The Kier molecular flexibility index (Phi) is 7.33. The Morgan fingerprint density at radius 1 is 1.25 bits per heavy atom. The molecule has 0 rings (SSSR count). The number of hydrogen-bond donors (Lipinski definition) is 2. The highest BCUT2D eigenvalue weighted by Crippen LogP contribution is 2.05. The maximum absolute atomic E-state index is 11.2. The summed E-state index contributed by atoms with van der Waals surface area (Å²) in [5.74, 6) is 0.631. The van der Waals surface area contributed by atoms with Gasteiger partial charge < -0.3 is 15.4 Å². The summed E-state index contributed by atoms with van der Waals surface area (Å²) in [7, 11) is -0.768. The van der Waals surface area contributed by atoms with Gasteiger partial charge in [-0.25, -0.2) is 4.79 Å². The molecule has 1 amide bonds. The minimum atomic E-state index is -0.768. The van der Waals surface area contributed by atoms with Crippen LogP contribution >= 0.6 is 0 Å². The van der Waals surface area contributed by atoms with E-state index in [1.54, 1.807) is 6.26 Å². The van der Waals surface area contributed by atoms with Crippen LogP contribution in [-0.2, 0) is 15.5 Å². The molecule has 5 nitrogen and oxygen atoms in total. The molecule has 0 aromatic rings. The van der Waals surface area contributed by atoms with Gasteiger partial charge in [0.2, 0.25) is 0 Å². The maximum Gasteiger partial charge on any atom is 0.407 e. The van der Waals surface area contributed by atoms with Crippen molar-refractivity contribution in [3.63, 3.8) is 0 Å². The molecule has 0 saturated carbocycles. The van der Waals surface area contributed by atoms with E-state index in [0.29, 0.717) is 25.4 Å². The molecular formula is C10H22N2O3S. The second-order valence-corrected chi connectivity index (χ2v) is 6.01. The molecule has 0 heterocycles. The number of ether oxygens (including phenoxy) is 1. The van der Waals surface area contributed by atoms with Crippen LogP contribution in [-0.4, -0.2) is 47.5 Å². The molecule has 6 heteroatoms. The van der Waals surface area contributed by atoms with E-state index in [9.17, 15) is 9.00 Å². The Morgan fingerprint density at radius 3 is 2.38 bits per heavy atom.